The van der Waals surface area contributed by atoms with E-state index in [0.29, 0.717) is 13.1 Å². The highest BCUT2D eigenvalue weighted by Crippen LogP contribution is 2.31. The van der Waals surface area contributed by atoms with Gasteiger partial charge in [0.15, 0.2) is 0 Å². The van der Waals surface area contributed by atoms with Gasteiger partial charge in [0.25, 0.3) is 0 Å². The van der Waals surface area contributed by atoms with E-state index in [1.807, 2.05) is 31.3 Å². The topological polar surface area (TPSA) is 45.9 Å². The summed E-state index contributed by atoms with van der Waals surface area (Å²) >= 11 is 0. The average molecular weight is 356 g/mol. The van der Waals surface area contributed by atoms with Crippen LogP contribution in [0.5, 0.6) is 5.75 Å². The molecule has 1 aromatic heterocycles. The Kier molecular flexibility index (Phi) is 6.34. The van der Waals surface area contributed by atoms with Crippen LogP contribution in [-0.2, 0) is 11.3 Å². The van der Waals surface area contributed by atoms with Crippen LogP contribution < -0.4 is 4.74 Å². The van der Waals surface area contributed by atoms with Crippen molar-refractivity contribution in [2.24, 2.45) is 0 Å². The van der Waals surface area contributed by atoms with Gasteiger partial charge in [0, 0.05) is 13.1 Å². The molecular formula is C21H28N2O3. The van der Waals surface area contributed by atoms with Crippen LogP contribution in [0.25, 0.3) is 0 Å². The molecule has 0 radical (unpaired) electrons. The van der Waals surface area contributed by atoms with Crippen LogP contribution in [-0.4, -0.2) is 43.0 Å². The molecule has 26 heavy (non-hydrogen) atoms. The zero-order chi connectivity index (χ0) is 18.4. The number of rotatable bonds is 6. The summed E-state index contributed by atoms with van der Waals surface area (Å²) < 4.78 is 10.6. The molecule has 2 aromatic rings. The lowest BCUT2D eigenvalue weighted by atomic mass is 10.0. The highest BCUT2D eigenvalue weighted by molar-refractivity contribution is 5.78. The number of carbonyl (C=O) groups excluding carboxylic acids is 1. The average Bonchev–Trinajstić information content (AvgIpc) is 3.06. The zero-order valence-corrected chi connectivity index (χ0v) is 15.7. The summed E-state index contributed by atoms with van der Waals surface area (Å²) in [6.07, 6.45) is 6.29. The Morgan fingerprint density at radius 1 is 1.23 bits per heavy atom. The SMILES string of the molecule is COc1ccc(C2CCCCCN2CC(=O)N(C)Cc2ccco2)cc1. The largest absolute Gasteiger partial charge is 0.497 e. The third-order valence-corrected chi connectivity index (χ3v) is 5.10. The van der Waals surface area contributed by atoms with Crippen LogP contribution in [0.1, 0.15) is 43.0 Å². The van der Waals surface area contributed by atoms with Gasteiger partial charge in [-0.1, -0.05) is 25.0 Å². The van der Waals surface area contributed by atoms with Gasteiger partial charge in [0.1, 0.15) is 11.5 Å². The predicted octanol–water partition coefficient (Wildman–Crippen LogP) is 3.86. The maximum Gasteiger partial charge on any atom is 0.236 e. The molecule has 1 saturated heterocycles. The summed E-state index contributed by atoms with van der Waals surface area (Å²) in [6, 6.07) is 12.3. The van der Waals surface area contributed by atoms with E-state index in [1.165, 1.54) is 18.4 Å². The van der Waals surface area contributed by atoms with Crippen LogP contribution in [0.2, 0.25) is 0 Å². The molecule has 1 fully saturated rings. The van der Waals surface area contributed by atoms with Gasteiger partial charge in [-0.05, 0) is 49.2 Å². The van der Waals surface area contributed by atoms with E-state index >= 15 is 0 Å². The van der Waals surface area contributed by atoms with Gasteiger partial charge >= 0.3 is 0 Å². The normalized spacial score (nSPS) is 18.3. The zero-order valence-electron chi connectivity index (χ0n) is 15.7. The molecule has 5 heteroatoms. The van der Waals surface area contributed by atoms with E-state index in [2.05, 4.69) is 17.0 Å². The second-order valence-electron chi connectivity index (χ2n) is 6.94. The second-order valence-corrected chi connectivity index (χ2v) is 6.94. The van der Waals surface area contributed by atoms with Crippen LogP contribution in [0, 0.1) is 0 Å². The van der Waals surface area contributed by atoms with Crippen molar-refractivity contribution in [3.05, 3.63) is 54.0 Å². The van der Waals surface area contributed by atoms with Gasteiger partial charge in [-0.2, -0.15) is 0 Å². The molecule has 1 aliphatic rings. The minimum absolute atomic E-state index is 0.127. The summed E-state index contributed by atoms with van der Waals surface area (Å²) in [5.74, 6) is 1.80. The maximum atomic E-state index is 12.7. The van der Waals surface area contributed by atoms with Gasteiger partial charge in [-0.3, -0.25) is 9.69 Å². The van der Waals surface area contributed by atoms with E-state index in [9.17, 15) is 4.79 Å². The molecule has 3 rings (SSSR count). The Morgan fingerprint density at radius 2 is 2.04 bits per heavy atom. The van der Waals surface area contributed by atoms with E-state index in [0.717, 1.165) is 30.9 Å². The smallest absolute Gasteiger partial charge is 0.236 e. The lowest BCUT2D eigenvalue weighted by Crippen LogP contribution is -2.40. The van der Waals surface area contributed by atoms with Crippen molar-refractivity contribution < 1.29 is 13.9 Å². The van der Waals surface area contributed by atoms with Gasteiger partial charge in [-0.15, -0.1) is 0 Å². The van der Waals surface area contributed by atoms with Crippen LogP contribution >= 0.6 is 0 Å². The maximum absolute atomic E-state index is 12.7. The molecule has 140 valence electrons. The third-order valence-electron chi connectivity index (χ3n) is 5.10. The Bertz CT molecular complexity index is 682. The first-order valence-electron chi connectivity index (χ1n) is 9.31. The second kappa shape index (κ2) is 8.90. The van der Waals surface area contributed by atoms with Gasteiger partial charge in [0.2, 0.25) is 5.91 Å². The van der Waals surface area contributed by atoms with E-state index in [1.54, 1.807) is 18.3 Å². The fourth-order valence-corrected chi connectivity index (χ4v) is 3.58. The van der Waals surface area contributed by atoms with Crippen molar-refractivity contribution in [1.29, 1.82) is 0 Å². The Hall–Kier alpha value is -2.27. The molecule has 0 bridgehead atoms. The first-order chi connectivity index (χ1) is 12.7. The number of carbonyl (C=O) groups is 1. The monoisotopic (exact) mass is 356 g/mol. The number of hydrogen-bond donors (Lipinski definition) is 0. The first-order valence-corrected chi connectivity index (χ1v) is 9.31. The van der Waals surface area contributed by atoms with Gasteiger partial charge in [-0.25, -0.2) is 0 Å². The lowest BCUT2D eigenvalue weighted by molar-refractivity contribution is -0.132. The summed E-state index contributed by atoms with van der Waals surface area (Å²) in [5, 5.41) is 0. The molecular weight excluding hydrogens is 328 g/mol. The van der Waals surface area contributed by atoms with Crippen molar-refractivity contribution in [2.45, 2.75) is 38.3 Å². The number of amides is 1. The number of nitrogens with zero attached hydrogens (tertiary/aromatic N) is 2. The van der Waals surface area contributed by atoms with Crippen molar-refractivity contribution in [3.8, 4) is 5.75 Å². The molecule has 1 aliphatic heterocycles. The fraction of sp³-hybridized carbons (Fsp3) is 0.476. The van der Waals surface area contributed by atoms with E-state index < -0.39 is 0 Å². The van der Waals surface area contributed by atoms with Gasteiger partial charge < -0.3 is 14.1 Å². The number of hydrogen-bond acceptors (Lipinski definition) is 4. The van der Waals surface area contributed by atoms with Crippen LogP contribution in [0.15, 0.2) is 47.1 Å². The molecule has 0 N–H and O–H groups in total. The summed E-state index contributed by atoms with van der Waals surface area (Å²) in [5.41, 5.74) is 1.26. The molecule has 1 amide bonds. The predicted molar refractivity (Wildman–Crippen MR) is 101 cm³/mol. The number of methoxy groups -OCH3 is 1. The molecule has 1 atom stereocenters. The molecule has 1 aromatic carbocycles. The molecule has 5 nitrogen and oxygen atoms in total. The molecule has 1 unspecified atom stereocenters. The Morgan fingerprint density at radius 3 is 2.73 bits per heavy atom. The number of furan rings is 1. The Balaban J connectivity index is 1.68. The first kappa shape index (κ1) is 18.5. The molecule has 0 saturated carbocycles. The Labute approximate surface area is 155 Å². The highest BCUT2D eigenvalue weighted by atomic mass is 16.5. The van der Waals surface area contributed by atoms with Crippen molar-refractivity contribution >= 4 is 5.91 Å². The number of likely N-dealkylation sites (N-methyl/N-ethyl adjacent to an activating group) is 1. The summed E-state index contributed by atoms with van der Waals surface area (Å²) in [6.45, 7) is 1.90. The lowest BCUT2D eigenvalue weighted by Gasteiger charge is -2.31. The standard InChI is InChI=1S/C21H28N2O3/c1-22(15-19-7-6-14-26-19)21(24)16-23-13-5-3-4-8-20(23)17-9-11-18(25-2)12-10-17/h6-7,9-12,14,20H,3-5,8,13,15-16H2,1-2H3. The van der Waals surface area contributed by atoms with Crippen LogP contribution in [0.4, 0.5) is 0 Å². The van der Waals surface area contributed by atoms with E-state index in [-0.39, 0.29) is 11.9 Å². The minimum Gasteiger partial charge on any atom is -0.497 e. The van der Waals surface area contributed by atoms with Gasteiger partial charge in [0.05, 0.1) is 26.5 Å². The number of ether oxygens (including phenoxy) is 1. The number of likely N-dealkylation sites (tertiary alicyclic amines) is 1. The molecule has 0 aliphatic carbocycles. The summed E-state index contributed by atoms with van der Waals surface area (Å²) in [4.78, 5) is 16.8. The quantitative estimate of drug-likeness (QED) is 0.788. The molecule has 2 heterocycles. The van der Waals surface area contributed by atoms with Crippen LogP contribution in [0.3, 0.4) is 0 Å². The third kappa shape index (κ3) is 4.67. The highest BCUT2D eigenvalue weighted by Gasteiger charge is 2.25. The number of benzene rings is 1. The van der Waals surface area contributed by atoms with Crippen molar-refractivity contribution in [3.63, 3.8) is 0 Å². The fourth-order valence-electron chi connectivity index (χ4n) is 3.58. The summed E-state index contributed by atoms with van der Waals surface area (Å²) in [7, 11) is 3.52. The van der Waals surface area contributed by atoms with Crippen molar-refractivity contribution in [1.82, 2.24) is 9.80 Å². The molecule has 0 spiro atoms. The van der Waals surface area contributed by atoms with E-state index in [4.69, 9.17) is 9.15 Å². The van der Waals surface area contributed by atoms with Crippen molar-refractivity contribution in [2.75, 3.05) is 27.2 Å². The minimum atomic E-state index is 0.127.